The van der Waals surface area contributed by atoms with E-state index >= 15 is 0 Å². The average molecular weight is 420 g/mol. The first kappa shape index (κ1) is 20.0. The Balaban J connectivity index is 1.50. The van der Waals surface area contributed by atoms with Crippen LogP contribution in [0.3, 0.4) is 0 Å². The first-order chi connectivity index (χ1) is 13.4. The summed E-state index contributed by atoms with van der Waals surface area (Å²) in [6, 6.07) is 14.9. The summed E-state index contributed by atoms with van der Waals surface area (Å²) in [5, 5.41) is 2.13. The van der Waals surface area contributed by atoms with Gasteiger partial charge in [-0.25, -0.2) is 13.1 Å². The van der Waals surface area contributed by atoms with Crippen LogP contribution in [0, 0.1) is 5.41 Å². The number of nitrogens with one attached hydrogen (secondary N) is 1. The molecule has 2 saturated heterocycles. The van der Waals surface area contributed by atoms with Crippen molar-refractivity contribution < 1.29 is 8.42 Å². The van der Waals surface area contributed by atoms with E-state index < -0.39 is 10.0 Å². The van der Waals surface area contributed by atoms with Crippen molar-refractivity contribution in [3.63, 3.8) is 0 Å². The molecule has 2 fully saturated rings. The molecule has 0 aliphatic carbocycles. The number of thiophene rings is 1. The first-order valence-corrected chi connectivity index (χ1v) is 12.7. The highest BCUT2D eigenvalue weighted by molar-refractivity contribution is 7.88. The fourth-order valence-electron chi connectivity index (χ4n) is 4.83. The van der Waals surface area contributed by atoms with Crippen molar-refractivity contribution in [1.82, 2.24) is 14.5 Å². The van der Waals surface area contributed by atoms with E-state index in [1.165, 1.54) is 16.7 Å². The smallest absolute Gasteiger partial charge is 0.208 e. The summed E-state index contributed by atoms with van der Waals surface area (Å²) in [5.74, 6) is 0. The van der Waals surface area contributed by atoms with Crippen molar-refractivity contribution in [2.75, 3.05) is 32.4 Å². The SMILES string of the molecule is CS(=O)(=O)NC1CCN(Cc2cccs2)CC12CCN(Cc1ccccc1)C2. The fourth-order valence-corrected chi connectivity index (χ4v) is 6.46. The molecule has 2 atom stereocenters. The number of hydrogen-bond donors (Lipinski definition) is 1. The molecular weight excluding hydrogens is 390 g/mol. The van der Waals surface area contributed by atoms with Crippen molar-refractivity contribution in [1.29, 1.82) is 0 Å². The molecule has 0 radical (unpaired) electrons. The third-order valence-electron chi connectivity index (χ3n) is 6.04. The van der Waals surface area contributed by atoms with Gasteiger partial charge in [0.05, 0.1) is 6.26 Å². The Labute approximate surface area is 172 Å². The largest absolute Gasteiger partial charge is 0.298 e. The van der Waals surface area contributed by atoms with Crippen LogP contribution in [-0.2, 0) is 23.1 Å². The maximum absolute atomic E-state index is 12.0. The van der Waals surface area contributed by atoms with Gasteiger partial charge < -0.3 is 0 Å². The zero-order valence-corrected chi connectivity index (χ0v) is 18.0. The molecule has 0 amide bonds. The normalized spacial score (nSPS) is 26.8. The molecule has 1 aromatic carbocycles. The van der Waals surface area contributed by atoms with E-state index in [1.807, 2.05) is 6.07 Å². The lowest BCUT2D eigenvalue weighted by Gasteiger charge is -2.46. The van der Waals surface area contributed by atoms with Crippen molar-refractivity contribution >= 4 is 21.4 Å². The van der Waals surface area contributed by atoms with Crippen molar-refractivity contribution in [2.45, 2.75) is 32.0 Å². The third-order valence-corrected chi connectivity index (χ3v) is 7.61. The molecular formula is C21H29N3O2S2. The molecule has 1 aromatic heterocycles. The molecule has 1 N–H and O–H groups in total. The summed E-state index contributed by atoms with van der Waals surface area (Å²) in [7, 11) is -3.22. The molecule has 2 unspecified atom stereocenters. The molecule has 2 aliphatic heterocycles. The summed E-state index contributed by atoms with van der Waals surface area (Å²) < 4.78 is 27.0. The maximum atomic E-state index is 12.0. The summed E-state index contributed by atoms with van der Waals surface area (Å²) in [5.41, 5.74) is 1.30. The molecule has 7 heteroatoms. The van der Waals surface area contributed by atoms with Gasteiger partial charge in [0.2, 0.25) is 10.0 Å². The monoisotopic (exact) mass is 419 g/mol. The van der Waals surface area contributed by atoms with Crippen LogP contribution in [-0.4, -0.2) is 56.7 Å². The lowest BCUT2D eigenvalue weighted by molar-refractivity contribution is 0.0599. The number of benzene rings is 1. The summed E-state index contributed by atoms with van der Waals surface area (Å²) in [6.45, 7) is 5.73. The molecule has 2 aliphatic rings. The molecule has 28 heavy (non-hydrogen) atoms. The highest BCUT2D eigenvalue weighted by Gasteiger charge is 2.48. The van der Waals surface area contributed by atoms with Crippen molar-refractivity contribution in [3.05, 3.63) is 58.3 Å². The average Bonchev–Trinajstić information content (AvgIpc) is 3.28. The Morgan fingerprint density at radius 2 is 1.82 bits per heavy atom. The van der Waals surface area contributed by atoms with E-state index in [9.17, 15) is 8.42 Å². The summed E-state index contributed by atoms with van der Waals surface area (Å²) in [6.07, 6.45) is 3.20. The number of rotatable bonds is 6. The molecule has 152 valence electrons. The van der Waals surface area contributed by atoms with E-state index in [0.29, 0.717) is 0 Å². The summed E-state index contributed by atoms with van der Waals surface area (Å²) in [4.78, 5) is 6.38. The second kappa shape index (κ2) is 8.24. The van der Waals surface area contributed by atoms with Gasteiger partial charge in [0.25, 0.3) is 0 Å². The zero-order valence-electron chi connectivity index (χ0n) is 16.4. The van der Waals surface area contributed by atoms with Crippen LogP contribution in [0.5, 0.6) is 0 Å². The topological polar surface area (TPSA) is 52.7 Å². The quantitative estimate of drug-likeness (QED) is 0.782. The number of nitrogens with zero attached hydrogens (tertiary/aromatic N) is 2. The minimum atomic E-state index is -3.22. The maximum Gasteiger partial charge on any atom is 0.208 e. The molecule has 5 nitrogen and oxygen atoms in total. The van der Waals surface area contributed by atoms with Crippen molar-refractivity contribution in [2.24, 2.45) is 5.41 Å². The van der Waals surface area contributed by atoms with Gasteiger partial charge in [0.1, 0.15) is 0 Å². The van der Waals surface area contributed by atoms with Crippen LogP contribution < -0.4 is 4.72 Å². The predicted molar refractivity (Wildman–Crippen MR) is 115 cm³/mol. The second-order valence-electron chi connectivity index (χ2n) is 8.33. The molecule has 3 heterocycles. The predicted octanol–water partition coefficient (Wildman–Crippen LogP) is 2.76. The van der Waals surface area contributed by atoms with Crippen LogP contribution in [0.2, 0.25) is 0 Å². The van der Waals surface area contributed by atoms with Gasteiger partial charge in [0.15, 0.2) is 0 Å². The molecule has 4 rings (SSSR count). The van der Waals surface area contributed by atoms with Crippen LogP contribution in [0.1, 0.15) is 23.3 Å². The molecule has 0 bridgehead atoms. The first-order valence-electron chi connectivity index (χ1n) is 9.90. The van der Waals surface area contributed by atoms with Gasteiger partial charge in [-0.2, -0.15) is 0 Å². The Morgan fingerprint density at radius 3 is 2.50 bits per heavy atom. The number of sulfonamides is 1. The minimum Gasteiger partial charge on any atom is -0.298 e. The zero-order chi connectivity index (χ0) is 19.6. The van der Waals surface area contributed by atoms with Gasteiger partial charge in [0, 0.05) is 49.1 Å². The van der Waals surface area contributed by atoms with Gasteiger partial charge in [-0.15, -0.1) is 11.3 Å². The highest BCUT2D eigenvalue weighted by Crippen LogP contribution is 2.40. The number of piperidine rings is 1. The van der Waals surface area contributed by atoms with Gasteiger partial charge in [-0.3, -0.25) is 9.80 Å². The Hall–Kier alpha value is -1.25. The van der Waals surface area contributed by atoms with Gasteiger partial charge in [-0.05, 0) is 36.4 Å². The highest BCUT2D eigenvalue weighted by atomic mass is 32.2. The van der Waals surface area contributed by atoms with E-state index in [-0.39, 0.29) is 11.5 Å². The van der Waals surface area contributed by atoms with Crippen LogP contribution in [0.25, 0.3) is 0 Å². The Kier molecular flexibility index (Phi) is 5.90. The standard InChI is InChI=1S/C21H29N3O2S2/c1-28(25,26)22-20-9-11-23(15-19-8-5-13-27-19)16-21(20)10-12-24(17-21)14-18-6-3-2-4-7-18/h2-8,13,20,22H,9-12,14-17H2,1H3. The third kappa shape index (κ3) is 4.83. The second-order valence-corrected chi connectivity index (χ2v) is 11.1. The Morgan fingerprint density at radius 1 is 1.07 bits per heavy atom. The van der Waals surface area contributed by atoms with Gasteiger partial charge >= 0.3 is 0 Å². The summed E-state index contributed by atoms with van der Waals surface area (Å²) >= 11 is 1.80. The molecule has 1 spiro atoms. The van der Waals surface area contributed by atoms with Crippen molar-refractivity contribution in [3.8, 4) is 0 Å². The Bertz CT molecular complexity index is 870. The number of likely N-dealkylation sites (tertiary alicyclic amines) is 2. The van der Waals surface area contributed by atoms with Crippen LogP contribution >= 0.6 is 11.3 Å². The fraction of sp³-hybridized carbons (Fsp3) is 0.524. The lowest BCUT2D eigenvalue weighted by Crippen LogP contribution is -2.58. The van der Waals surface area contributed by atoms with E-state index in [2.05, 4.69) is 56.3 Å². The van der Waals surface area contributed by atoms with E-state index in [0.717, 1.165) is 52.1 Å². The van der Waals surface area contributed by atoms with E-state index in [4.69, 9.17) is 0 Å². The van der Waals surface area contributed by atoms with Gasteiger partial charge in [-0.1, -0.05) is 36.4 Å². The lowest BCUT2D eigenvalue weighted by atomic mass is 9.75. The van der Waals surface area contributed by atoms with Crippen LogP contribution in [0.15, 0.2) is 47.8 Å². The molecule has 0 saturated carbocycles. The van der Waals surface area contributed by atoms with E-state index in [1.54, 1.807) is 11.3 Å². The molecule has 2 aromatic rings. The minimum absolute atomic E-state index is 0.0165. The van der Waals surface area contributed by atoms with Crippen LogP contribution in [0.4, 0.5) is 0 Å². The number of hydrogen-bond acceptors (Lipinski definition) is 5.